The van der Waals surface area contributed by atoms with E-state index < -0.39 is 0 Å². The maximum absolute atomic E-state index is 6.04. The Hall–Kier alpha value is -0.240. The summed E-state index contributed by atoms with van der Waals surface area (Å²) in [6, 6.07) is 6.62. The van der Waals surface area contributed by atoms with Crippen molar-refractivity contribution in [2.45, 2.75) is 52.6 Å². The molecule has 1 aromatic rings. The molecule has 18 heavy (non-hydrogen) atoms. The van der Waals surface area contributed by atoms with Crippen LogP contribution in [0.25, 0.3) is 0 Å². The Morgan fingerprint density at radius 1 is 1.11 bits per heavy atom. The Morgan fingerprint density at radius 2 is 1.78 bits per heavy atom. The maximum Gasteiger partial charge on any atom is 0.0595 e. The summed E-state index contributed by atoms with van der Waals surface area (Å²) in [7, 11) is 0. The van der Waals surface area contributed by atoms with Gasteiger partial charge in [0.25, 0.3) is 0 Å². The molecule has 0 amide bonds. The summed E-state index contributed by atoms with van der Waals surface area (Å²) in [6.07, 6.45) is 2.43. The molecule has 1 nitrogen and oxygen atoms in total. The zero-order chi connectivity index (χ0) is 13.7. The van der Waals surface area contributed by atoms with Crippen molar-refractivity contribution in [3.8, 4) is 0 Å². The van der Waals surface area contributed by atoms with Crippen molar-refractivity contribution in [2.24, 2.45) is 5.92 Å². The van der Waals surface area contributed by atoms with Gasteiger partial charge in [-0.1, -0.05) is 49.5 Å². The smallest absolute Gasteiger partial charge is 0.0595 e. The van der Waals surface area contributed by atoms with Crippen LogP contribution in [0.3, 0.4) is 0 Å². The molecule has 0 fully saturated rings. The van der Waals surface area contributed by atoms with Gasteiger partial charge in [-0.25, -0.2) is 0 Å². The fourth-order valence-corrected chi connectivity index (χ4v) is 2.45. The Morgan fingerprint density at radius 3 is 2.33 bits per heavy atom. The molecule has 1 N–H and O–H groups in total. The first-order valence-electron chi connectivity index (χ1n) is 6.65. The van der Waals surface area contributed by atoms with Crippen molar-refractivity contribution < 1.29 is 0 Å². The molecule has 0 saturated carbocycles. The van der Waals surface area contributed by atoms with Crippen LogP contribution in [0.5, 0.6) is 0 Å². The molecule has 0 aromatic heterocycles. The van der Waals surface area contributed by atoms with Crippen LogP contribution in [0.2, 0.25) is 10.0 Å². The summed E-state index contributed by atoms with van der Waals surface area (Å²) in [5.74, 6) is 0.758. The number of benzene rings is 1. The van der Waals surface area contributed by atoms with Crippen LogP contribution in [0.4, 0.5) is 0 Å². The average Bonchev–Trinajstić information content (AvgIpc) is 2.32. The van der Waals surface area contributed by atoms with E-state index in [-0.39, 0.29) is 0 Å². The lowest BCUT2D eigenvalue weighted by molar-refractivity contribution is 0.385. The monoisotopic (exact) mass is 287 g/mol. The van der Waals surface area contributed by atoms with E-state index in [9.17, 15) is 0 Å². The Kier molecular flexibility index (Phi) is 6.48. The molecule has 0 spiro atoms. The molecule has 1 aromatic carbocycles. The molecule has 0 aliphatic rings. The number of hydrogen-bond donors (Lipinski definition) is 1. The minimum absolute atomic E-state index is 0.291. The van der Waals surface area contributed by atoms with Gasteiger partial charge in [-0.2, -0.15) is 0 Å². The van der Waals surface area contributed by atoms with E-state index in [4.69, 9.17) is 23.2 Å². The minimum Gasteiger partial charge on any atom is -0.308 e. The largest absolute Gasteiger partial charge is 0.308 e. The lowest BCUT2D eigenvalue weighted by atomic mass is 9.99. The number of hydrogen-bond acceptors (Lipinski definition) is 1. The second-order valence-corrected chi connectivity index (χ2v) is 6.03. The molecule has 0 aliphatic carbocycles. The molecule has 3 atom stereocenters. The van der Waals surface area contributed by atoms with Gasteiger partial charge in [-0.3, -0.25) is 0 Å². The fraction of sp³-hybridized carbons (Fsp3) is 0.600. The molecule has 102 valence electrons. The zero-order valence-corrected chi connectivity index (χ0v) is 13.1. The highest BCUT2D eigenvalue weighted by molar-refractivity contribution is 6.42. The Labute approximate surface area is 121 Å². The second kappa shape index (κ2) is 7.37. The first kappa shape index (κ1) is 15.8. The molecule has 0 aliphatic heterocycles. The van der Waals surface area contributed by atoms with E-state index in [1.807, 2.05) is 18.2 Å². The standard InChI is InChI=1S/C15H23Cl2N/c1-5-10(2)8-11(3)18-12(4)13-6-7-14(16)15(17)9-13/h6-7,9-12,18H,5,8H2,1-4H3. The van der Waals surface area contributed by atoms with Gasteiger partial charge in [0.1, 0.15) is 0 Å². The van der Waals surface area contributed by atoms with Gasteiger partial charge in [0.15, 0.2) is 0 Å². The fourth-order valence-electron chi connectivity index (χ4n) is 2.14. The van der Waals surface area contributed by atoms with Gasteiger partial charge in [0.2, 0.25) is 0 Å². The van der Waals surface area contributed by atoms with Gasteiger partial charge in [-0.15, -0.1) is 0 Å². The first-order chi connectivity index (χ1) is 8.43. The van der Waals surface area contributed by atoms with Crippen molar-refractivity contribution in [2.75, 3.05) is 0 Å². The Bertz CT molecular complexity index is 379. The topological polar surface area (TPSA) is 12.0 Å². The number of halogens is 2. The van der Waals surface area contributed by atoms with Gasteiger partial charge >= 0.3 is 0 Å². The highest BCUT2D eigenvalue weighted by atomic mass is 35.5. The first-order valence-corrected chi connectivity index (χ1v) is 7.40. The van der Waals surface area contributed by atoms with Crippen molar-refractivity contribution in [3.63, 3.8) is 0 Å². The maximum atomic E-state index is 6.04. The molecule has 0 saturated heterocycles. The van der Waals surface area contributed by atoms with E-state index in [1.165, 1.54) is 18.4 Å². The van der Waals surface area contributed by atoms with E-state index in [0.717, 1.165) is 5.92 Å². The van der Waals surface area contributed by atoms with Crippen LogP contribution >= 0.6 is 23.2 Å². The van der Waals surface area contributed by atoms with Crippen molar-refractivity contribution in [3.05, 3.63) is 33.8 Å². The summed E-state index contributed by atoms with van der Waals surface area (Å²) >= 11 is 12.0. The predicted molar refractivity (Wildman–Crippen MR) is 81.5 cm³/mol. The molecular formula is C15H23Cl2N. The summed E-state index contributed by atoms with van der Waals surface area (Å²) in [5, 5.41) is 4.84. The quantitative estimate of drug-likeness (QED) is 0.732. The summed E-state index contributed by atoms with van der Waals surface area (Å²) < 4.78 is 0. The van der Waals surface area contributed by atoms with E-state index >= 15 is 0 Å². The van der Waals surface area contributed by atoms with E-state index in [0.29, 0.717) is 22.1 Å². The number of rotatable bonds is 6. The van der Waals surface area contributed by atoms with Gasteiger partial charge in [-0.05, 0) is 43.9 Å². The summed E-state index contributed by atoms with van der Waals surface area (Å²) in [4.78, 5) is 0. The third-order valence-corrected chi connectivity index (χ3v) is 4.17. The lowest BCUT2D eigenvalue weighted by Crippen LogP contribution is -2.30. The highest BCUT2D eigenvalue weighted by Gasteiger charge is 2.12. The lowest BCUT2D eigenvalue weighted by Gasteiger charge is -2.23. The summed E-state index contributed by atoms with van der Waals surface area (Å²) in [6.45, 7) is 8.93. The molecule has 1 rings (SSSR count). The van der Waals surface area contributed by atoms with Crippen molar-refractivity contribution in [1.82, 2.24) is 5.32 Å². The van der Waals surface area contributed by atoms with Crippen LogP contribution < -0.4 is 5.32 Å². The molecule has 3 heteroatoms. The SMILES string of the molecule is CCC(C)CC(C)NC(C)c1ccc(Cl)c(Cl)c1. The van der Waals surface area contributed by atoms with Gasteiger partial charge in [0, 0.05) is 12.1 Å². The average molecular weight is 288 g/mol. The van der Waals surface area contributed by atoms with E-state index in [2.05, 4.69) is 33.0 Å². The minimum atomic E-state index is 0.291. The van der Waals surface area contributed by atoms with Crippen LogP contribution in [0, 0.1) is 5.92 Å². The highest BCUT2D eigenvalue weighted by Crippen LogP contribution is 2.26. The van der Waals surface area contributed by atoms with Crippen molar-refractivity contribution >= 4 is 23.2 Å². The van der Waals surface area contributed by atoms with Gasteiger partial charge in [0.05, 0.1) is 10.0 Å². The molecular weight excluding hydrogens is 265 g/mol. The van der Waals surface area contributed by atoms with E-state index in [1.54, 1.807) is 0 Å². The molecule has 0 heterocycles. The van der Waals surface area contributed by atoms with Crippen LogP contribution in [0.1, 0.15) is 52.1 Å². The number of nitrogens with one attached hydrogen (secondary N) is 1. The van der Waals surface area contributed by atoms with Crippen LogP contribution in [-0.2, 0) is 0 Å². The molecule has 3 unspecified atom stereocenters. The Balaban J connectivity index is 2.58. The van der Waals surface area contributed by atoms with Crippen molar-refractivity contribution in [1.29, 1.82) is 0 Å². The predicted octanol–water partition coefficient (Wildman–Crippen LogP) is 5.47. The van der Waals surface area contributed by atoms with Crippen LogP contribution in [0.15, 0.2) is 18.2 Å². The summed E-state index contributed by atoms with van der Waals surface area (Å²) in [5.41, 5.74) is 1.18. The third kappa shape index (κ3) is 4.79. The van der Waals surface area contributed by atoms with Gasteiger partial charge < -0.3 is 5.32 Å². The second-order valence-electron chi connectivity index (χ2n) is 5.21. The molecule has 0 radical (unpaired) electrons. The molecule has 0 bridgehead atoms. The normalized spacial score (nSPS) is 16.3. The van der Waals surface area contributed by atoms with Crippen LogP contribution in [-0.4, -0.2) is 6.04 Å². The zero-order valence-electron chi connectivity index (χ0n) is 11.6. The third-order valence-electron chi connectivity index (χ3n) is 3.43.